The molecule has 0 saturated heterocycles. The quantitative estimate of drug-likeness (QED) is 0.506. The molecule has 2 heteroatoms. The van der Waals surface area contributed by atoms with E-state index >= 15 is 0 Å². The van der Waals surface area contributed by atoms with Crippen LogP contribution in [0.15, 0.2) is 30.3 Å². The molecular weight excluding hydrogens is 224 g/mol. The molecule has 0 fully saturated rings. The molecule has 0 N–H and O–H groups in total. The van der Waals surface area contributed by atoms with E-state index in [1.54, 1.807) is 13.2 Å². The van der Waals surface area contributed by atoms with Crippen molar-refractivity contribution in [2.75, 3.05) is 7.11 Å². The van der Waals surface area contributed by atoms with Crippen molar-refractivity contribution in [2.24, 2.45) is 0 Å². The zero-order valence-electron chi connectivity index (χ0n) is 11.3. The van der Waals surface area contributed by atoms with Gasteiger partial charge in [-0.25, -0.2) is 0 Å². The van der Waals surface area contributed by atoms with Gasteiger partial charge in [0.15, 0.2) is 5.78 Å². The SMILES string of the molecule is CCCCCCC(=O)/C=C\c1ccc(OC)cc1. The van der Waals surface area contributed by atoms with Gasteiger partial charge in [-0.15, -0.1) is 0 Å². The van der Waals surface area contributed by atoms with E-state index in [-0.39, 0.29) is 5.78 Å². The largest absolute Gasteiger partial charge is 0.497 e. The number of rotatable bonds is 8. The Morgan fingerprint density at radius 3 is 2.50 bits per heavy atom. The van der Waals surface area contributed by atoms with Gasteiger partial charge in [-0.1, -0.05) is 44.4 Å². The molecule has 0 aliphatic heterocycles. The topological polar surface area (TPSA) is 26.3 Å². The second-order valence-corrected chi connectivity index (χ2v) is 4.38. The molecule has 0 aliphatic carbocycles. The molecule has 0 amide bonds. The number of methoxy groups -OCH3 is 1. The van der Waals surface area contributed by atoms with Crippen LogP contribution < -0.4 is 4.74 Å². The molecule has 1 rings (SSSR count). The summed E-state index contributed by atoms with van der Waals surface area (Å²) in [5, 5.41) is 0. The number of carbonyl (C=O) groups is 1. The molecule has 18 heavy (non-hydrogen) atoms. The van der Waals surface area contributed by atoms with Gasteiger partial charge in [-0.3, -0.25) is 4.79 Å². The van der Waals surface area contributed by atoms with Crippen molar-refractivity contribution in [1.29, 1.82) is 0 Å². The van der Waals surface area contributed by atoms with Crippen LogP contribution in [0.4, 0.5) is 0 Å². The number of carbonyl (C=O) groups excluding carboxylic acids is 1. The van der Waals surface area contributed by atoms with E-state index in [1.165, 1.54) is 12.8 Å². The van der Waals surface area contributed by atoms with Crippen molar-refractivity contribution in [3.05, 3.63) is 35.9 Å². The Balaban J connectivity index is 2.35. The number of unbranched alkanes of at least 4 members (excludes halogenated alkanes) is 3. The minimum Gasteiger partial charge on any atom is -0.497 e. The summed E-state index contributed by atoms with van der Waals surface area (Å²) in [6, 6.07) is 7.68. The standard InChI is InChI=1S/C16H22O2/c1-3-4-5-6-7-15(17)11-8-14-9-12-16(18-2)13-10-14/h8-13H,3-7H2,1-2H3/b11-8-. The Morgan fingerprint density at radius 1 is 1.17 bits per heavy atom. The van der Waals surface area contributed by atoms with Crippen molar-refractivity contribution in [3.8, 4) is 5.75 Å². The van der Waals surface area contributed by atoms with Crippen molar-refractivity contribution in [1.82, 2.24) is 0 Å². The van der Waals surface area contributed by atoms with Crippen LogP contribution in [0, 0.1) is 0 Å². The predicted octanol–water partition coefficient (Wildman–Crippen LogP) is 4.25. The van der Waals surface area contributed by atoms with Crippen LogP contribution in [0.25, 0.3) is 6.08 Å². The number of ketones is 1. The monoisotopic (exact) mass is 246 g/mol. The number of hydrogen-bond donors (Lipinski definition) is 0. The summed E-state index contributed by atoms with van der Waals surface area (Å²) in [6.07, 6.45) is 8.77. The Hall–Kier alpha value is -1.57. The van der Waals surface area contributed by atoms with E-state index in [0.717, 1.165) is 24.2 Å². The molecule has 0 radical (unpaired) electrons. The van der Waals surface area contributed by atoms with Gasteiger partial charge in [0, 0.05) is 6.42 Å². The highest BCUT2D eigenvalue weighted by atomic mass is 16.5. The molecule has 0 aliphatic rings. The van der Waals surface area contributed by atoms with Gasteiger partial charge in [0.05, 0.1) is 7.11 Å². The summed E-state index contributed by atoms with van der Waals surface area (Å²) in [5.41, 5.74) is 1.03. The zero-order valence-corrected chi connectivity index (χ0v) is 11.3. The molecule has 1 aromatic carbocycles. The van der Waals surface area contributed by atoms with Gasteiger partial charge in [0.2, 0.25) is 0 Å². The highest BCUT2D eigenvalue weighted by Gasteiger charge is 1.97. The zero-order chi connectivity index (χ0) is 13.2. The number of benzene rings is 1. The van der Waals surface area contributed by atoms with Crippen LogP contribution in [0.2, 0.25) is 0 Å². The van der Waals surface area contributed by atoms with E-state index in [1.807, 2.05) is 30.3 Å². The lowest BCUT2D eigenvalue weighted by Crippen LogP contribution is -1.92. The third-order valence-electron chi connectivity index (χ3n) is 2.85. The van der Waals surface area contributed by atoms with Crippen molar-refractivity contribution in [2.45, 2.75) is 39.0 Å². The van der Waals surface area contributed by atoms with Crippen molar-refractivity contribution >= 4 is 11.9 Å². The maximum absolute atomic E-state index is 11.6. The van der Waals surface area contributed by atoms with Gasteiger partial charge < -0.3 is 4.74 Å². The first kappa shape index (κ1) is 14.5. The van der Waals surface area contributed by atoms with Gasteiger partial charge in [-0.05, 0) is 30.2 Å². The van der Waals surface area contributed by atoms with Crippen molar-refractivity contribution in [3.63, 3.8) is 0 Å². The summed E-state index contributed by atoms with van der Waals surface area (Å²) >= 11 is 0. The maximum Gasteiger partial charge on any atom is 0.155 e. The fourth-order valence-corrected chi connectivity index (χ4v) is 1.71. The first-order valence-electron chi connectivity index (χ1n) is 6.61. The lowest BCUT2D eigenvalue weighted by atomic mass is 10.1. The van der Waals surface area contributed by atoms with Gasteiger partial charge in [0.25, 0.3) is 0 Å². The third kappa shape index (κ3) is 5.67. The second-order valence-electron chi connectivity index (χ2n) is 4.38. The smallest absolute Gasteiger partial charge is 0.155 e. The molecule has 0 heterocycles. The summed E-state index contributed by atoms with van der Waals surface area (Å²) in [6.45, 7) is 2.17. The fourth-order valence-electron chi connectivity index (χ4n) is 1.71. The maximum atomic E-state index is 11.6. The molecular formula is C16H22O2. The average Bonchev–Trinajstić information content (AvgIpc) is 2.42. The van der Waals surface area contributed by atoms with Crippen LogP contribution in [-0.4, -0.2) is 12.9 Å². The van der Waals surface area contributed by atoms with E-state index in [2.05, 4.69) is 6.92 Å². The van der Waals surface area contributed by atoms with Gasteiger partial charge in [-0.2, -0.15) is 0 Å². The Kier molecular flexibility index (Phi) is 6.85. The van der Waals surface area contributed by atoms with E-state index in [0.29, 0.717) is 6.42 Å². The number of hydrogen-bond acceptors (Lipinski definition) is 2. The second kappa shape index (κ2) is 8.51. The molecule has 0 aromatic heterocycles. The van der Waals surface area contributed by atoms with Crippen molar-refractivity contribution < 1.29 is 9.53 Å². The lowest BCUT2D eigenvalue weighted by molar-refractivity contribution is -0.114. The minimum absolute atomic E-state index is 0.210. The molecule has 98 valence electrons. The van der Waals surface area contributed by atoms with E-state index < -0.39 is 0 Å². The molecule has 0 saturated carbocycles. The lowest BCUT2D eigenvalue weighted by Gasteiger charge is -1.99. The van der Waals surface area contributed by atoms with Crippen LogP contribution in [0.1, 0.15) is 44.6 Å². The van der Waals surface area contributed by atoms with E-state index in [4.69, 9.17) is 4.74 Å². The molecule has 0 atom stereocenters. The summed E-state index contributed by atoms with van der Waals surface area (Å²) < 4.78 is 5.08. The summed E-state index contributed by atoms with van der Waals surface area (Å²) in [7, 11) is 1.64. The highest BCUT2D eigenvalue weighted by molar-refractivity contribution is 5.93. The predicted molar refractivity (Wildman–Crippen MR) is 75.8 cm³/mol. The van der Waals surface area contributed by atoms with Crippen LogP contribution in [-0.2, 0) is 4.79 Å². The number of ether oxygens (including phenoxy) is 1. The first-order chi connectivity index (χ1) is 8.76. The summed E-state index contributed by atoms with van der Waals surface area (Å²) in [4.78, 5) is 11.6. The molecule has 2 nitrogen and oxygen atoms in total. The van der Waals surface area contributed by atoms with Gasteiger partial charge >= 0.3 is 0 Å². The minimum atomic E-state index is 0.210. The third-order valence-corrected chi connectivity index (χ3v) is 2.85. The van der Waals surface area contributed by atoms with Crippen LogP contribution in [0.5, 0.6) is 5.75 Å². The van der Waals surface area contributed by atoms with Crippen LogP contribution in [0.3, 0.4) is 0 Å². The van der Waals surface area contributed by atoms with Gasteiger partial charge in [0.1, 0.15) is 5.75 Å². The Bertz CT molecular complexity index is 377. The molecule has 1 aromatic rings. The highest BCUT2D eigenvalue weighted by Crippen LogP contribution is 2.12. The van der Waals surface area contributed by atoms with E-state index in [9.17, 15) is 4.79 Å². The Labute approximate surface area is 110 Å². The molecule has 0 unspecified atom stereocenters. The summed E-state index contributed by atoms with van der Waals surface area (Å²) in [5.74, 6) is 1.04. The fraction of sp³-hybridized carbons (Fsp3) is 0.438. The van der Waals surface area contributed by atoms with Crippen LogP contribution >= 0.6 is 0 Å². The number of allylic oxidation sites excluding steroid dienone is 1. The average molecular weight is 246 g/mol. The Morgan fingerprint density at radius 2 is 1.89 bits per heavy atom. The molecule has 0 spiro atoms. The molecule has 0 bridgehead atoms. The normalized spacial score (nSPS) is 10.8. The first-order valence-corrected chi connectivity index (χ1v) is 6.61.